The number of benzene rings is 2. The van der Waals surface area contributed by atoms with Crippen LogP contribution in [0.4, 0.5) is 18.9 Å². The average Bonchev–Trinajstić information content (AvgIpc) is 2.65. The van der Waals surface area contributed by atoms with Gasteiger partial charge in [-0.15, -0.1) is 0 Å². The Morgan fingerprint density at radius 3 is 2.27 bits per heavy atom. The molecule has 0 atom stereocenters. The lowest BCUT2D eigenvalue weighted by molar-refractivity contribution is -0.137. The number of anilines is 1. The van der Waals surface area contributed by atoms with E-state index in [1.807, 2.05) is 0 Å². The third-order valence-electron chi connectivity index (χ3n) is 4.04. The minimum Gasteiger partial charge on any atom is -0.467 e. The molecule has 0 aromatic heterocycles. The molecule has 0 aliphatic heterocycles. The van der Waals surface area contributed by atoms with Gasteiger partial charge in [0.2, 0.25) is 5.91 Å². The van der Waals surface area contributed by atoms with Gasteiger partial charge in [-0.2, -0.15) is 13.2 Å². The fourth-order valence-corrected chi connectivity index (χ4v) is 2.57. The molecule has 0 spiro atoms. The van der Waals surface area contributed by atoms with Gasteiger partial charge < -0.3 is 14.8 Å². The van der Waals surface area contributed by atoms with Crippen molar-refractivity contribution in [3.8, 4) is 5.75 Å². The number of carbonyl (C=O) groups is 2. The van der Waals surface area contributed by atoms with E-state index in [-0.39, 0.29) is 34.4 Å². The van der Waals surface area contributed by atoms with Gasteiger partial charge in [-0.1, -0.05) is 32.4 Å². The van der Waals surface area contributed by atoms with E-state index < -0.39 is 28.8 Å². The Morgan fingerprint density at radius 1 is 1.03 bits per heavy atom. The summed E-state index contributed by atoms with van der Waals surface area (Å²) in [7, 11) is 1.38. The van der Waals surface area contributed by atoms with Gasteiger partial charge in [0, 0.05) is 23.1 Å². The van der Waals surface area contributed by atoms with Gasteiger partial charge in [-0.05, 0) is 36.4 Å². The number of ketones is 1. The van der Waals surface area contributed by atoms with Crippen LogP contribution in [-0.4, -0.2) is 25.6 Å². The number of alkyl halides is 3. The van der Waals surface area contributed by atoms with Crippen molar-refractivity contribution in [3.05, 3.63) is 58.1 Å². The summed E-state index contributed by atoms with van der Waals surface area (Å²) >= 11 is 5.98. The van der Waals surface area contributed by atoms with Crippen LogP contribution >= 0.6 is 11.6 Å². The quantitative estimate of drug-likeness (QED) is 0.469. The summed E-state index contributed by atoms with van der Waals surface area (Å²) in [4.78, 5) is 25.6. The molecule has 0 fully saturated rings. The molecule has 0 aliphatic carbocycles. The Kier molecular flexibility index (Phi) is 7.15. The third-order valence-corrected chi connectivity index (χ3v) is 4.27. The van der Waals surface area contributed by atoms with Crippen LogP contribution < -0.4 is 10.1 Å². The molecule has 0 unspecified atom stereocenters. The van der Waals surface area contributed by atoms with Crippen molar-refractivity contribution in [2.24, 2.45) is 5.41 Å². The number of nitrogens with one attached hydrogen (secondary N) is 1. The Hall–Kier alpha value is -2.58. The molecule has 5 nitrogen and oxygen atoms in total. The van der Waals surface area contributed by atoms with Gasteiger partial charge in [0.05, 0.1) is 16.8 Å². The van der Waals surface area contributed by atoms with Gasteiger partial charge in [0.25, 0.3) is 0 Å². The van der Waals surface area contributed by atoms with Crippen LogP contribution in [0.25, 0.3) is 0 Å². The summed E-state index contributed by atoms with van der Waals surface area (Å²) < 4.78 is 50.0. The summed E-state index contributed by atoms with van der Waals surface area (Å²) in [5.74, 6) is -1.17. The molecule has 0 heterocycles. The number of halogens is 4. The van der Waals surface area contributed by atoms with E-state index in [0.29, 0.717) is 6.07 Å². The van der Waals surface area contributed by atoms with Crippen LogP contribution in [0.1, 0.15) is 42.3 Å². The normalized spacial score (nSPS) is 11.9. The first-order valence-corrected chi connectivity index (χ1v) is 9.21. The Morgan fingerprint density at radius 2 is 1.70 bits per heavy atom. The first-order valence-electron chi connectivity index (χ1n) is 8.83. The van der Waals surface area contributed by atoms with Crippen LogP contribution in [-0.2, 0) is 15.7 Å². The molecule has 2 aromatic rings. The number of ether oxygens (including phenoxy) is 2. The second-order valence-corrected chi connectivity index (χ2v) is 7.92. The van der Waals surface area contributed by atoms with E-state index in [1.165, 1.54) is 25.3 Å². The van der Waals surface area contributed by atoms with Gasteiger partial charge in [0.1, 0.15) is 5.75 Å². The standard InChI is InChI=1S/C21H21ClF3NO4/c1-20(2,3)19(28)26-16-7-5-12(21(23,24)25)9-14(16)18(27)15-10-13(22)6-8-17(15)30-11-29-4/h5-10H,11H2,1-4H3,(H,26,28). The molecule has 1 amide bonds. The lowest BCUT2D eigenvalue weighted by atomic mass is 9.94. The zero-order chi connectivity index (χ0) is 22.7. The van der Waals surface area contributed by atoms with Crippen LogP contribution in [0, 0.1) is 5.41 Å². The number of hydrogen-bond acceptors (Lipinski definition) is 4. The Bertz CT molecular complexity index is 952. The zero-order valence-electron chi connectivity index (χ0n) is 16.8. The molecule has 1 N–H and O–H groups in total. The SMILES string of the molecule is COCOc1ccc(Cl)cc1C(=O)c1cc(C(F)(F)F)ccc1NC(=O)C(C)(C)C. The van der Waals surface area contributed by atoms with E-state index in [2.05, 4.69) is 5.32 Å². The largest absolute Gasteiger partial charge is 0.467 e. The third kappa shape index (κ3) is 5.73. The number of carbonyl (C=O) groups excluding carboxylic acids is 2. The predicted molar refractivity (Wildman–Crippen MR) is 107 cm³/mol. The molecule has 0 bridgehead atoms. The summed E-state index contributed by atoms with van der Waals surface area (Å²) in [6, 6.07) is 6.72. The van der Waals surface area contributed by atoms with Gasteiger partial charge in [-0.25, -0.2) is 0 Å². The van der Waals surface area contributed by atoms with E-state index >= 15 is 0 Å². The highest BCUT2D eigenvalue weighted by molar-refractivity contribution is 6.31. The number of methoxy groups -OCH3 is 1. The highest BCUT2D eigenvalue weighted by Gasteiger charge is 2.33. The summed E-state index contributed by atoms with van der Waals surface area (Å²) in [5.41, 5.74) is -2.31. The topological polar surface area (TPSA) is 64.6 Å². The fourth-order valence-electron chi connectivity index (χ4n) is 2.40. The van der Waals surface area contributed by atoms with E-state index in [9.17, 15) is 22.8 Å². The Balaban J connectivity index is 2.61. The molecular weight excluding hydrogens is 423 g/mol. The maximum absolute atomic E-state index is 13.3. The average molecular weight is 444 g/mol. The monoisotopic (exact) mass is 443 g/mol. The molecule has 0 saturated heterocycles. The van der Waals surface area contributed by atoms with Crippen LogP contribution in [0.2, 0.25) is 5.02 Å². The van der Waals surface area contributed by atoms with Crippen molar-refractivity contribution in [2.45, 2.75) is 26.9 Å². The lowest BCUT2D eigenvalue weighted by Gasteiger charge is -2.20. The number of amides is 1. The highest BCUT2D eigenvalue weighted by Crippen LogP contribution is 2.35. The maximum atomic E-state index is 13.3. The van der Waals surface area contributed by atoms with Crippen molar-refractivity contribution >= 4 is 29.0 Å². The first kappa shape index (κ1) is 23.7. The minimum absolute atomic E-state index is 0.0504. The first-order chi connectivity index (χ1) is 13.8. The molecule has 0 radical (unpaired) electrons. The maximum Gasteiger partial charge on any atom is 0.416 e. The Labute approximate surface area is 177 Å². The van der Waals surface area contributed by atoms with Crippen LogP contribution in [0.3, 0.4) is 0 Å². The predicted octanol–water partition coefficient (Wildman–Crippen LogP) is 5.56. The van der Waals surface area contributed by atoms with E-state index in [4.69, 9.17) is 21.1 Å². The van der Waals surface area contributed by atoms with Crippen LogP contribution in [0.15, 0.2) is 36.4 Å². The molecule has 0 aliphatic rings. The molecule has 30 heavy (non-hydrogen) atoms. The summed E-state index contributed by atoms with van der Waals surface area (Å²) in [6.07, 6.45) is -4.68. The molecule has 2 rings (SSSR count). The molecule has 9 heteroatoms. The van der Waals surface area contributed by atoms with Crippen molar-refractivity contribution < 1.29 is 32.2 Å². The molecule has 162 valence electrons. The summed E-state index contributed by atoms with van der Waals surface area (Å²) in [5, 5.41) is 2.72. The van der Waals surface area contributed by atoms with Gasteiger partial charge in [0.15, 0.2) is 12.6 Å². The van der Waals surface area contributed by atoms with E-state index in [0.717, 1.165) is 12.1 Å². The second-order valence-electron chi connectivity index (χ2n) is 7.48. The van der Waals surface area contributed by atoms with Crippen molar-refractivity contribution in [1.29, 1.82) is 0 Å². The highest BCUT2D eigenvalue weighted by atomic mass is 35.5. The number of hydrogen-bond donors (Lipinski definition) is 1. The van der Waals surface area contributed by atoms with Crippen molar-refractivity contribution in [1.82, 2.24) is 0 Å². The fraction of sp³-hybridized carbons (Fsp3) is 0.333. The van der Waals surface area contributed by atoms with E-state index in [1.54, 1.807) is 20.8 Å². The molecular formula is C21H21ClF3NO4. The van der Waals surface area contributed by atoms with Crippen LogP contribution in [0.5, 0.6) is 5.75 Å². The van der Waals surface area contributed by atoms with Crippen molar-refractivity contribution in [3.63, 3.8) is 0 Å². The lowest BCUT2D eigenvalue weighted by Crippen LogP contribution is -2.28. The summed E-state index contributed by atoms with van der Waals surface area (Å²) in [6.45, 7) is 4.74. The molecule has 2 aromatic carbocycles. The smallest absolute Gasteiger partial charge is 0.416 e. The zero-order valence-corrected chi connectivity index (χ0v) is 17.6. The van der Waals surface area contributed by atoms with Gasteiger partial charge >= 0.3 is 6.18 Å². The minimum atomic E-state index is -4.68. The number of rotatable bonds is 6. The molecule has 0 saturated carbocycles. The van der Waals surface area contributed by atoms with Crippen molar-refractivity contribution in [2.75, 3.05) is 19.2 Å². The van der Waals surface area contributed by atoms with Gasteiger partial charge in [-0.3, -0.25) is 9.59 Å². The second kappa shape index (κ2) is 9.06.